The van der Waals surface area contributed by atoms with E-state index in [-0.39, 0.29) is 0 Å². The van der Waals surface area contributed by atoms with Crippen LogP contribution in [0.5, 0.6) is 0 Å². The molecule has 0 bridgehead atoms. The van der Waals surface area contributed by atoms with Gasteiger partial charge in [0.25, 0.3) is 0 Å². The molecule has 12 aromatic carbocycles. The molecular formula is C72H60N4. The predicted molar refractivity (Wildman–Crippen MR) is 326 cm³/mol. The molecular weight excluding hydrogens is 921 g/mol. The van der Waals surface area contributed by atoms with Crippen molar-refractivity contribution in [2.75, 3.05) is 19.6 Å². The molecule has 0 saturated heterocycles. The first-order valence-electron chi connectivity index (χ1n) is 26.3. The number of fused-ring (bicyclic) bond motifs is 3. The van der Waals surface area contributed by atoms with Crippen LogP contribution >= 0.6 is 0 Å². The SMILES string of the molecule is Cc1ccc(N(c2ccc(C)cc2)c2cccc3c(N(c4ccc(C)cc4)c4cccc5c(N(c6ccc(C)cc6)c6cccc7c(N(c8ccc(C)cc8)c8ccc(C)cc8)cccc67)cccc45)cccc23)cc1. The lowest BCUT2D eigenvalue weighted by Gasteiger charge is -2.32. The van der Waals surface area contributed by atoms with E-state index >= 15 is 0 Å². The standard InChI is InChI=1S/C72H60N4/c1-49-25-37-55(38-26-49)73(56-39-27-50(2)28-40-56)67-19-7-15-63-61(67)13-9-21-69(63)75(59-45-33-53(5)34-46-59)71-23-11-18-66-65(71)17-12-24-72(66)76(60-47-35-54(6)36-48-60)70-22-10-14-62-64(70)16-8-20-68(62)74(57-41-29-51(3)30-42-57)58-43-31-52(4)32-44-58/h7-48H,1-6H3. The Hall–Kier alpha value is -9.38. The van der Waals surface area contributed by atoms with E-state index in [0.717, 1.165) is 101 Å². The van der Waals surface area contributed by atoms with Crippen molar-refractivity contribution in [1.82, 2.24) is 0 Å². The van der Waals surface area contributed by atoms with Gasteiger partial charge < -0.3 is 19.6 Å². The van der Waals surface area contributed by atoms with Crippen molar-refractivity contribution < 1.29 is 0 Å². The van der Waals surface area contributed by atoms with Crippen LogP contribution in [-0.2, 0) is 0 Å². The summed E-state index contributed by atoms with van der Waals surface area (Å²) < 4.78 is 0. The normalized spacial score (nSPS) is 11.3. The summed E-state index contributed by atoms with van der Waals surface area (Å²) >= 11 is 0. The lowest BCUT2D eigenvalue weighted by molar-refractivity contribution is 1.27. The first-order chi connectivity index (χ1) is 37.2. The molecule has 0 amide bonds. The Morgan fingerprint density at radius 2 is 0.303 bits per heavy atom. The van der Waals surface area contributed by atoms with E-state index in [9.17, 15) is 0 Å². The highest BCUT2D eigenvalue weighted by atomic mass is 15.2. The first kappa shape index (κ1) is 47.6. The molecule has 0 spiro atoms. The van der Waals surface area contributed by atoms with Crippen molar-refractivity contribution in [3.63, 3.8) is 0 Å². The van der Waals surface area contributed by atoms with Crippen molar-refractivity contribution in [1.29, 1.82) is 0 Å². The largest absolute Gasteiger partial charge is 0.310 e. The third-order valence-corrected chi connectivity index (χ3v) is 14.8. The van der Waals surface area contributed by atoms with Crippen LogP contribution in [0, 0.1) is 41.5 Å². The van der Waals surface area contributed by atoms with Crippen LogP contribution in [0.3, 0.4) is 0 Å². The molecule has 0 aliphatic rings. The summed E-state index contributed by atoms with van der Waals surface area (Å²) in [4.78, 5) is 9.71. The number of hydrogen-bond acceptors (Lipinski definition) is 4. The van der Waals surface area contributed by atoms with E-state index in [1.807, 2.05) is 0 Å². The molecule has 368 valence electrons. The predicted octanol–water partition coefficient (Wildman–Crippen LogP) is 20.9. The van der Waals surface area contributed by atoms with Crippen molar-refractivity contribution >= 4 is 101 Å². The molecule has 76 heavy (non-hydrogen) atoms. The zero-order chi connectivity index (χ0) is 51.9. The molecule has 0 atom stereocenters. The van der Waals surface area contributed by atoms with Gasteiger partial charge >= 0.3 is 0 Å². The summed E-state index contributed by atoms with van der Waals surface area (Å²) in [6.45, 7) is 12.9. The average molecular weight is 981 g/mol. The smallest absolute Gasteiger partial charge is 0.0541 e. The molecule has 4 nitrogen and oxygen atoms in total. The van der Waals surface area contributed by atoms with Crippen LogP contribution in [0.2, 0.25) is 0 Å². The minimum atomic E-state index is 1.08. The minimum Gasteiger partial charge on any atom is -0.310 e. The number of rotatable bonds is 12. The van der Waals surface area contributed by atoms with Gasteiger partial charge in [-0.3, -0.25) is 0 Å². The summed E-state index contributed by atoms with van der Waals surface area (Å²) in [6.07, 6.45) is 0. The topological polar surface area (TPSA) is 13.0 Å². The molecule has 0 N–H and O–H groups in total. The molecule has 0 saturated carbocycles. The van der Waals surface area contributed by atoms with E-state index < -0.39 is 0 Å². The first-order valence-corrected chi connectivity index (χ1v) is 26.3. The summed E-state index contributed by atoms with van der Waals surface area (Å²) in [6, 6.07) is 94.0. The summed E-state index contributed by atoms with van der Waals surface area (Å²) in [5, 5.41) is 6.88. The molecule has 12 aromatic rings. The van der Waals surface area contributed by atoms with E-state index in [1.54, 1.807) is 0 Å². The van der Waals surface area contributed by atoms with Crippen molar-refractivity contribution in [2.24, 2.45) is 0 Å². The van der Waals surface area contributed by atoms with Gasteiger partial charge in [0.05, 0.1) is 34.1 Å². The fraction of sp³-hybridized carbons (Fsp3) is 0.0833. The Labute approximate surface area is 447 Å². The Morgan fingerprint density at radius 3 is 0.474 bits per heavy atom. The Morgan fingerprint density at radius 1 is 0.158 bits per heavy atom. The fourth-order valence-corrected chi connectivity index (χ4v) is 10.8. The number of hydrogen-bond donors (Lipinski definition) is 0. The quantitative estimate of drug-likeness (QED) is 0.121. The van der Waals surface area contributed by atoms with Crippen LogP contribution in [-0.4, -0.2) is 0 Å². The second-order valence-corrected chi connectivity index (χ2v) is 20.3. The maximum absolute atomic E-state index is 2.46. The zero-order valence-corrected chi connectivity index (χ0v) is 44.0. The van der Waals surface area contributed by atoms with Gasteiger partial charge in [-0.1, -0.05) is 179 Å². The second-order valence-electron chi connectivity index (χ2n) is 20.3. The van der Waals surface area contributed by atoms with Gasteiger partial charge in [0, 0.05) is 66.4 Å². The summed E-state index contributed by atoms with van der Waals surface area (Å²) in [7, 11) is 0. The van der Waals surface area contributed by atoms with E-state index in [1.165, 1.54) is 33.4 Å². The van der Waals surface area contributed by atoms with Crippen molar-refractivity contribution in [2.45, 2.75) is 41.5 Å². The number of nitrogens with zero attached hydrogens (tertiary/aromatic N) is 4. The number of anilines is 12. The van der Waals surface area contributed by atoms with E-state index in [4.69, 9.17) is 0 Å². The third kappa shape index (κ3) is 8.98. The lowest BCUT2D eigenvalue weighted by Crippen LogP contribution is -2.14. The van der Waals surface area contributed by atoms with Crippen LogP contribution < -0.4 is 19.6 Å². The van der Waals surface area contributed by atoms with Gasteiger partial charge in [0.2, 0.25) is 0 Å². The lowest BCUT2D eigenvalue weighted by atomic mass is 9.99. The van der Waals surface area contributed by atoms with Crippen LogP contribution in [0.4, 0.5) is 68.2 Å². The average Bonchev–Trinajstić information content (AvgIpc) is 3.52. The third-order valence-electron chi connectivity index (χ3n) is 14.8. The molecule has 4 heteroatoms. The van der Waals surface area contributed by atoms with Crippen molar-refractivity contribution in [3.8, 4) is 0 Å². The van der Waals surface area contributed by atoms with Gasteiger partial charge in [-0.25, -0.2) is 0 Å². The Bertz CT molecular complexity index is 3670. The zero-order valence-electron chi connectivity index (χ0n) is 44.0. The maximum Gasteiger partial charge on any atom is 0.0541 e. The molecule has 12 rings (SSSR count). The Kier molecular flexibility index (Phi) is 12.6. The number of benzene rings is 12. The minimum absolute atomic E-state index is 1.08. The summed E-state index contributed by atoms with van der Waals surface area (Å²) in [5.74, 6) is 0. The molecule has 0 radical (unpaired) electrons. The molecule has 0 aromatic heterocycles. The highest BCUT2D eigenvalue weighted by molar-refractivity contribution is 6.13. The number of aryl methyl sites for hydroxylation is 6. The monoisotopic (exact) mass is 980 g/mol. The highest BCUT2D eigenvalue weighted by Gasteiger charge is 2.25. The van der Waals surface area contributed by atoms with Gasteiger partial charge in [-0.15, -0.1) is 0 Å². The Balaban J connectivity index is 1.06. The molecule has 0 unspecified atom stereocenters. The fourth-order valence-electron chi connectivity index (χ4n) is 10.8. The van der Waals surface area contributed by atoms with Crippen LogP contribution in [0.25, 0.3) is 32.3 Å². The molecule has 0 aliphatic carbocycles. The van der Waals surface area contributed by atoms with Gasteiger partial charge in [0.15, 0.2) is 0 Å². The van der Waals surface area contributed by atoms with E-state index in [2.05, 4.69) is 316 Å². The van der Waals surface area contributed by atoms with Gasteiger partial charge in [-0.2, -0.15) is 0 Å². The van der Waals surface area contributed by atoms with Gasteiger partial charge in [0.1, 0.15) is 0 Å². The molecule has 0 heterocycles. The van der Waals surface area contributed by atoms with Crippen LogP contribution in [0.1, 0.15) is 33.4 Å². The second kappa shape index (κ2) is 20.1. The van der Waals surface area contributed by atoms with E-state index in [0.29, 0.717) is 0 Å². The molecule has 0 aliphatic heterocycles. The molecule has 0 fully saturated rings. The maximum atomic E-state index is 2.46. The van der Waals surface area contributed by atoms with Crippen molar-refractivity contribution in [3.05, 3.63) is 288 Å². The summed E-state index contributed by atoms with van der Waals surface area (Å²) in [5.41, 5.74) is 20.5. The van der Waals surface area contributed by atoms with Crippen LogP contribution in [0.15, 0.2) is 255 Å². The highest BCUT2D eigenvalue weighted by Crippen LogP contribution is 2.50. The van der Waals surface area contributed by atoms with Gasteiger partial charge in [-0.05, 0) is 151 Å².